The summed E-state index contributed by atoms with van der Waals surface area (Å²) in [5.74, 6) is 4.19. The second-order valence-electron chi connectivity index (χ2n) is 4.58. The number of amides is 1. The summed E-state index contributed by atoms with van der Waals surface area (Å²) in [5, 5.41) is 11.3. The number of aromatic nitrogens is 1. The number of benzene rings is 1. The molecule has 0 aliphatic heterocycles. The third kappa shape index (κ3) is 5.30. The number of hydrogen-bond acceptors (Lipinski definition) is 4. The van der Waals surface area contributed by atoms with Crippen LogP contribution in [-0.2, 0) is 11.3 Å². The summed E-state index contributed by atoms with van der Waals surface area (Å²) in [6, 6.07) is 10.6. The second-order valence-corrected chi connectivity index (χ2v) is 4.94. The molecule has 0 atom stereocenters. The van der Waals surface area contributed by atoms with E-state index in [4.69, 9.17) is 21.4 Å². The minimum atomic E-state index is -1.18. The molecule has 2 aromatic rings. The lowest BCUT2D eigenvalue weighted by atomic mass is 10.2. The first-order chi connectivity index (χ1) is 11.6. The Morgan fingerprint density at radius 1 is 1.29 bits per heavy atom. The normalized spacial score (nSPS) is 9.54. The van der Waals surface area contributed by atoms with Crippen molar-refractivity contribution in [2.75, 3.05) is 6.54 Å². The maximum absolute atomic E-state index is 11.5. The standard InChI is InChI=1S/C17H13ClN2O4/c18-15-14(16(21)22)9-13(10-20-15)7-4-8-19-17(23)24-11-12-5-2-1-3-6-12/h1-3,5-6,9-10H,8,11H2,(H,19,23)(H,21,22). The zero-order chi connectivity index (χ0) is 17.4. The molecule has 0 saturated heterocycles. The Hall–Kier alpha value is -3.04. The molecule has 1 amide bonds. The number of hydrogen-bond donors (Lipinski definition) is 2. The van der Waals surface area contributed by atoms with Crippen LogP contribution in [0.25, 0.3) is 0 Å². The molecule has 122 valence electrons. The van der Waals surface area contributed by atoms with E-state index in [0.717, 1.165) is 5.56 Å². The molecular weight excluding hydrogens is 332 g/mol. The Morgan fingerprint density at radius 3 is 2.75 bits per heavy atom. The molecule has 2 N–H and O–H groups in total. The molecule has 6 nitrogen and oxygen atoms in total. The molecule has 1 heterocycles. The van der Waals surface area contributed by atoms with Crippen LogP contribution in [0.2, 0.25) is 5.15 Å². The molecule has 0 bridgehead atoms. The lowest BCUT2D eigenvalue weighted by Gasteiger charge is -2.04. The highest BCUT2D eigenvalue weighted by Crippen LogP contribution is 2.13. The molecule has 0 aliphatic rings. The molecule has 0 fully saturated rings. The van der Waals surface area contributed by atoms with E-state index in [1.54, 1.807) is 0 Å². The van der Waals surface area contributed by atoms with Gasteiger partial charge in [0.15, 0.2) is 0 Å². The SMILES string of the molecule is O=C(NCC#Cc1cnc(Cl)c(C(=O)O)c1)OCc1ccccc1. The number of nitrogens with one attached hydrogen (secondary N) is 1. The van der Waals surface area contributed by atoms with Crippen molar-refractivity contribution in [3.05, 3.63) is 64.4 Å². The fraction of sp³-hybridized carbons (Fsp3) is 0.118. The Balaban J connectivity index is 1.82. The molecule has 7 heteroatoms. The summed E-state index contributed by atoms with van der Waals surface area (Å²) >= 11 is 5.67. The van der Waals surface area contributed by atoms with Gasteiger partial charge in [0.05, 0.1) is 12.1 Å². The van der Waals surface area contributed by atoms with E-state index in [0.29, 0.717) is 5.56 Å². The van der Waals surface area contributed by atoms with Gasteiger partial charge in [0.1, 0.15) is 11.8 Å². The number of carbonyl (C=O) groups is 2. The van der Waals surface area contributed by atoms with Crippen molar-refractivity contribution in [1.82, 2.24) is 10.3 Å². The molecule has 0 radical (unpaired) electrons. The maximum atomic E-state index is 11.5. The number of pyridine rings is 1. The highest BCUT2D eigenvalue weighted by Gasteiger charge is 2.09. The fourth-order valence-corrected chi connectivity index (χ4v) is 1.89. The van der Waals surface area contributed by atoms with Crippen LogP contribution in [0.1, 0.15) is 21.5 Å². The third-order valence-electron chi connectivity index (χ3n) is 2.84. The monoisotopic (exact) mass is 344 g/mol. The van der Waals surface area contributed by atoms with Crippen molar-refractivity contribution in [2.45, 2.75) is 6.61 Å². The van der Waals surface area contributed by atoms with Gasteiger partial charge in [0.25, 0.3) is 0 Å². The van der Waals surface area contributed by atoms with Crippen molar-refractivity contribution in [3.63, 3.8) is 0 Å². The molecule has 0 unspecified atom stereocenters. The lowest BCUT2D eigenvalue weighted by Crippen LogP contribution is -2.24. The first-order valence-corrected chi connectivity index (χ1v) is 7.26. The number of halogens is 1. The highest BCUT2D eigenvalue weighted by atomic mass is 35.5. The van der Waals surface area contributed by atoms with E-state index in [9.17, 15) is 9.59 Å². The Morgan fingerprint density at radius 2 is 2.04 bits per heavy atom. The maximum Gasteiger partial charge on any atom is 0.408 e. The number of carbonyl (C=O) groups excluding carboxylic acids is 1. The summed E-state index contributed by atoms with van der Waals surface area (Å²) in [4.78, 5) is 26.2. The minimum Gasteiger partial charge on any atom is -0.478 e. The van der Waals surface area contributed by atoms with E-state index >= 15 is 0 Å². The van der Waals surface area contributed by atoms with Crippen LogP contribution in [-0.4, -0.2) is 28.7 Å². The van der Waals surface area contributed by atoms with Crippen LogP contribution < -0.4 is 5.32 Å². The summed E-state index contributed by atoms with van der Waals surface area (Å²) in [6.45, 7) is 0.224. The first kappa shape index (κ1) is 17.3. The van der Waals surface area contributed by atoms with Gasteiger partial charge in [-0.2, -0.15) is 0 Å². The van der Waals surface area contributed by atoms with Crippen molar-refractivity contribution in [3.8, 4) is 11.8 Å². The van der Waals surface area contributed by atoms with Gasteiger partial charge >= 0.3 is 12.1 Å². The van der Waals surface area contributed by atoms with Gasteiger partial charge in [0.2, 0.25) is 0 Å². The molecule has 1 aromatic heterocycles. The lowest BCUT2D eigenvalue weighted by molar-refractivity contribution is 0.0696. The molecule has 1 aromatic carbocycles. The highest BCUT2D eigenvalue weighted by molar-refractivity contribution is 6.32. The number of alkyl carbamates (subject to hydrolysis) is 1. The molecule has 0 saturated carbocycles. The van der Waals surface area contributed by atoms with Gasteiger partial charge in [-0.25, -0.2) is 14.6 Å². The van der Waals surface area contributed by atoms with E-state index in [-0.39, 0.29) is 23.9 Å². The van der Waals surface area contributed by atoms with Crippen molar-refractivity contribution in [1.29, 1.82) is 0 Å². The quantitative estimate of drug-likeness (QED) is 0.657. The fourth-order valence-electron chi connectivity index (χ4n) is 1.70. The van der Waals surface area contributed by atoms with Crippen LogP contribution in [0.3, 0.4) is 0 Å². The van der Waals surface area contributed by atoms with E-state index in [1.165, 1.54) is 12.3 Å². The first-order valence-electron chi connectivity index (χ1n) is 6.88. The van der Waals surface area contributed by atoms with Crippen LogP contribution in [0.5, 0.6) is 0 Å². The van der Waals surface area contributed by atoms with Gasteiger partial charge in [-0.05, 0) is 11.6 Å². The number of nitrogens with zero attached hydrogens (tertiary/aromatic N) is 1. The van der Waals surface area contributed by atoms with Gasteiger partial charge in [-0.3, -0.25) is 0 Å². The summed E-state index contributed by atoms with van der Waals surface area (Å²) in [5.41, 5.74) is 1.14. The number of carboxylic acid groups (broad SMARTS) is 1. The molecule has 0 spiro atoms. The zero-order valence-electron chi connectivity index (χ0n) is 12.5. The van der Waals surface area contributed by atoms with E-state index in [1.807, 2.05) is 30.3 Å². The Kier molecular flexibility index (Phi) is 6.17. The minimum absolute atomic E-state index is 0.0542. The molecule has 24 heavy (non-hydrogen) atoms. The van der Waals surface area contributed by atoms with Crippen LogP contribution in [0, 0.1) is 11.8 Å². The average molecular weight is 345 g/mol. The summed E-state index contributed by atoms with van der Waals surface area (Å²) < 4.78 is 5.02. The van der Waals surface area contributed by atoms with Gasteiger partial charge < -0.3 is 15.2 Å². The largest absolute Gasteiger partial charge is 0.478 e. The number of ether oxygens (including phenoxy) is 1. The van der Waals surface area contributed by atoms with Gasteiger partial charge in [-0.1, -0.05) is 53.8 Å². The predicted octanol–water partition coefficient (Wildman–Crippen LogP) is 2.71. The Labute approximate surface area is 143 Å². The topological polar surface area (TPSA) is 88.5 Å². The van der Waals surface area contributed by atoms with Crippen molar-refractivity contribution < 1.29 is 19.4 Å². The van der Waals surface area contributed by atoms with E-state index in [2.05, 4.69) is 22.1 Å². The number of carboxylic acids is 1. The predicted molar refractivity (Wildman–Crippen MR) is 87.7 cm³/mol. The summed E-state index contributed by atoms with van der Waals surface area (Å²) in [7, 11) is 0. The molecular formula is C17H13ClN2O4. The molecule has 0 aliphatic carbocycles. The zero-order valence-corrected chi connectivity index (χ0v) is 13.2. The van der Waals surface area contributed by atoms with Crippen molar-refractivity contribution in [2.24, 2.45) is 0 Å². The third-order valence-corrected chi connectivity index (χ3v) is 3.14. The average Bonchev–Trinajstić information content (AvgIpc) is 2.59. The van der Waals surface area contributed by atoms with E-state index < -0.39 is 12.1 Å². The van der Waals surface area contributed by atoms with Gasteiger partial charge in [0, 0.05) is 11.8 Å². The summed E-state index contributed by atoms with van der Waals surface area (Å²) in [6.07, 6.45) is 0.767. The second kappa shape index (κ2) is 8.56. The van der Waals surface area contributed by atoms with Gasteiger partial charge in [-0.15, -0.1) is 0 Å². The number of rotatable bonds is 4. The van der Waals surface area contributed by atoms with Crippen LogP contribution in [0.15, 0.2) is 42.6 Å². The van der Waals surface area contributed by atoms with Crippen molar-refractivity contribution >= 4 is 23.7 Å². The van der Waals surface area contributed by atoms with Crippen LogP contribution in [0.4, 0.5) is 4.79 Å². The van der Waals surface area contributed by atoms with Crippen LogP contribution >= 0.6 is 11.6 Å². The smallest absolute Gasteiger partial charge is 0.408 e. The Bertz CT molecular complexity index is 797. The number of aromatic carboxylic acids is 1. The molecule has 2 rings (SSSR count).